The largest absolute Gasteiger partial charge is 0.353 e. The first-order valence-electron chi connectivity index (χ1n) is 4.80. The average Bonchev–Trinajstić information content (AvgIpc) is 2.67. The summed E-state index contributed by atoms with van der Waals surface area (Å²) in [6, 6.07) is 2.21. The van der Waals surface area contributed by atoms with Crippen LogP contribution < -0.4 is 10.6 Å². The topological polar surface area (TPSA) is 49.8 Å². The molecule has 1 fully saturated rings. The van der Waals surface area contributed by atoms with Crippen molar-refractivity contribution in [2.75, 3.05) is 18.4 Å². The van der Waals surface area contributed by atoms with Gasteiger partial charge in [-0.25, -0.2) is 9.97 Å². The Kier molecular flexibility index (Phi) is 3.16. The van der Waals surface area contributed by atoms with Gasteiger partial charge >= 0.3 is 0 Å². The molecule has 0 amide bonds. The van der Waals surface area contributed by atoms with Crippen LogP contribution >= 0.6 is 11.6 Å². The number of halogens is 1. The molecule has 4 nitrogen and oxygen atoms in total. The Morgan fingerprint density at radius 3 is 3.29 bits per heavy atom. The van der Waals surface area contributed by atoms with Gasteiger partial charge in [-0.15, -0.1) is 0 Å². The van der Waals surface area contributed by atoms with Crippen molar-refractivity contribution in [3.8, 4) is 0 Å². The van der Waals surface area contributed by atoms with Crippen molar-refractivity contribution in [2.24, 2.45) is 0 Å². The van der Waals surface area contributed by atoms with E-state index in [1.165, 1.54) is 12.8 Å². The summed E-state index contributed by atoms with van der Waals surface area (Å²) in [7, 11) is 0. The highest BCUT2D eigenvalue weighted by molar-refractivity contribution is 6.29. The summed E-state index contributed by atoms with van der Waals surface area (Å²) in [4.78, 5) is 8.12. The predicted octanol–water partition coefficient (Wildman–Crippen LogP) is 1.29. The van der Waals surface area contributed by atoms with Gasteiger partial charge in [0.2, 0.25) is 5.95 Å². The molecule has 2 rings (SSSR count). The lowest BCUT2D eigenvalue weighted by molar-refractivity contribution is 0.631. The highest BCUT2D eigenvalue weighted by atomic mass is 35.5. The van der Waals surface area contributed by atoms with E-state index in [1.807, 2.05) is 0 Å². The SMILES string of the molecule is Clc1ccnc(NC[C@H]2CCCN2)n1. The van der Waals surface area contributed by atoms with E-state index in [-0.39, 0.29) is 0 Å². The van der Waals surface area contributed by atoms with E-state index in [1.54, 1.807) is 12.3 Å². The number of rotatable bonds is 3. The van der Waals surface area contributed by atoms with Crippen LogP contribution in [0, 0.1) is 0 Å². The van der Waals surface area contributed by atoms with Gasteiger partial charge in [-0.1, -0.05) is 11.6 Å². The molecule has 1 aromatic heterocycles. The second kappa shape index (κ2) is 4.57. The van der Waals surface area contributed by atoms with Crippen LogP contribution in [0.2, 0.25) is 5.15 Å². The molecule has 76 valence electrons. The van der Waals surface area contributed by atoms with Gasteiger partial charge < -0.3 is 10.6 Å². The molecule has 0 aromatic carbocycles. The van der Waals surface area contributed by atoms with E-state index in [9.17, 15) is 0 Å². The Labute approximate surface area is 88.1 Å². The molecule has 1 aromatic rings. The summed E-state index contributed by atoms with van der Waals surface area (Å²) < 4.78 is 0. The molecule has 14 heavy (non-hydrogen) atoms. The zero-order valence-electron chi connectivity index (χ0n) is 7.83. The van der Waals surface area contributed by atoms with Gasteiger partial charge in [-0.05, 0) is 25.5 Å². The standard InChI is InChI=1S/C9H13ClN4/c10-8-3-5-12-9(14-8)13-6-7-2-1-4-11-7/h3,5,7,11H,1-2,4,6H2,(H,12,13,14)/t7-/m1/s1. The van der Waals surface area contributed by atoms with E-state index in [4.69, 9.17) is 11.6 Å². The van der Waals surface area contributed by atoms with Crippen molar-refractivity contribution in [3.05, 3.63) is 17.4 Å². The van der Waals surface area contributed by atoms with Crippen molar-refractivity contribution < 1.29 is 0 Å². The molecule has 5 heteroatoms. The summed E-state index contributed by atoms with van der Waals surface area (Å²) in [5, 5.41) is 7.02. The third-order valence-corrected chi connectivity index (χ3v) is 2.50. The fourth-order valence-corrected chi connectivity index (χ4v) is 1.70. The molecule has 0 saturated carbocycles. The molecule has 1 saturated heterocycles. The summed E-state index contributed by atoms with van der Waals surface area (Å²) in [6.07, 6.45) is 4.12. The first-order chi connectivity index (χ1) is 6.84. The third-order valence-electron chi connectivity index (χ3n) is 2.29. The Morgan fingerprint density at radius 2 is 2.57 bits per heavy atom. The van der Waals surface area contributed by atoms with Crippen molar-refractivity contribution >= 4 is 17.5 Å². The molecule has 0 unspecified atom stereocenters. The van der Waals surface area contributed by atoms with Crippen LogP contribution in [0.5, 0.6) is 0 Å². The molecule has 1 atom stereocenters. The van der Waals surface area contributed by atoms with Gasteiger partial charge in [0.25, 0.3) is 0 Å². The van der Waals surface area contributed by atoms with Crippen LogP contribution in [0.1, 0.15) is 12.8 Å². The van der Waals surface area contributed by atoms with E-state index in [2.05, 4.69) is 20.6 Å². The van der Waals surface area contributed by atoms with Crippen molar-refractivity contribution in [1.82, 2.24) is 15.3 Å². The van der Waals surface area contributed by atoms with Crippen LogP contribution in [-0.2, 0) is 0 Å². The second-order valence-electron chi connectivity index (χ2n) is 3.38. The minimum Gasteiger partial charge on any atom is -0.353 e. The lowest BCUT2D eigenvalue weighted by Crippen LogP contribution is -2.29. The minimum atomic E-state index is 0.474. The number of hydrogen-bond acceptors (Lipinski definition) is 4. The monoisotopic (exact) mass is 212 g/mol. The molecule has 2 heterocycles. The number of anilines is 1. The lowest BCUT2D eigenvalue weighted by atomic mass is 10.2. The Balaban J connectivity index is 1.85. The first kappa shape index (κ1) is 9.68. The molecule has 1 aliphatic heterocycles. The molecule has 0 bridgehead atoms. The number of nitrogens with one attached hydrogen (secondary N) is 2. The maximum atomic E-state index is 5.73. The summed E-state index contributed by atoms with van der Waals surface area (Å²) >= 11 is 5.73. The minimum absolute atomic E-state index is 0.474. The van der Waals surface area contributed by atoms with Crippen LogP contribution in [-0.4, -0.2) is 29.1 Å². The summed E-state index contributed by atoms with van der Waals surface area (Å²) in [5.41, 5.74) is 0. The normalized spacial score (nSPS) is 21.1. The first-order valence-corrected chi connectivity index (χ1v) is 5.18. The molecular formula is C9H13ClN4. The van der Waals surface area contributed by atoms with Gasteiger partial charge in [-0.2, -0.15) is 0 Å². The number of hydrogen-bond donors (Lipinski definition) is 2. The highest BCUT2D eigenvalue weighted by Gasteiger charge is 2.13. The molecule has 0 radical (unpaired) electrons. The van der Waals surface area contributed by atoms with Crippen molar-refractivity contribution in [3.63, 3.8) is 0 Å². The van der Waals surface area contributed by atoms with Gasteiger partial charge in [0.15, 0.2) is 0 Å². The van der Waals surface area contributed by atoms with Crippen LogP contribution in [0.25, 0.3) is 0 Å². The van der Waals surface area contributed by atoms with E-state index in [0.717, 1.165) is 13.1 Å². The Morgan fingerprint density at radius 1 is 1.64 bits per heavy atom. The second-order valence-corrected chi connectivity index (χ2v) is 3.76. The molecule has 0 spiro atoms. The highest BCUT2D eigenvalue weighted by Crippen LogP contribution is 2.08. The van der Waals surface area contributed by atoms with Crippen molar-refractivity contribution in [2.45, 2.75) is 18.9 Å². The van der Waals surface area contributed by atoms with Crippen LogP contribution in [0.3, 0.4) is 0 Å². The number of nitrogens with zero attached hydrogens (tertiary/aromatic N) is 2. The quantitative estimate of drug-likeness (QED) is 0.742. The Hall–Kier alpha value is -0.870. The smallest absolute Gasteiger partial charge is 0.224 e. The third kappa shape index (κ3) is 2.56. The van der Waals surface area contributed by atoms with E-state index < -0.39 is 0 Å². The van der Waals surface area contributed by atoms with E-state index >= 15 is 0 Å². The van der Waals surface area contributed by atoms with Gasteiger partial charge in [0, 0.05) is 18.8 Å². The van der Waals surface area contributed by atoms with Crippen LogP contribution in [0.4, 0.5) is 5.95 Å². The molecule has 2 N–H and O–H groups in total. The fourth-order valence-electron chi connectivity index (χ4n) is 1.57. The van der Waals surface area contributed by atoms with E-state index in [0.29, 0.717) is 17.1 Å². The van der Waals surface area contributed by atoms with Crippen LogP contribution in [0.15, 0.2) is 12.3 Å². The maximum absolute atomic E-state index is 5.73. The zero-order valence-corrected chi connectivity index (χ0v) is 8.59. The molecular weight excluding hydrogens is 200 g/mol. The van der Waals surface area contributed by atoms with Crippen molar-refractivity contribution in [1.29, 1.82) is 0 Å². The molecule has 0 aliphatic carbocycles. The average molecular weight is 213 g/mol. The zero-order chi connectivity index (χ0) is 9.80. The van der Waals surface area contributed by atoms with Gasteiger partial charge in [0.05, 0.1) is 0 Å². The predicted molar refractivity (Wildman–Crippen MR) is 56.6 cm³/mol. The molecule has 1 aliphatic rings. The fraction of sp³-hybridized carbons (Fsp3) is 0.556. The van der Waals surface area contributed by atoms with Gasteiger partial charge in [-0.3, -0.25) is 0 Å². The summed E-state index contributed by atoms with van der Waals surface area (Å²) in [5.74, 6) is 0.603. The Bertz CT molecular complexity index is 299. The lowest BCUT2D eigenvalue weighted by Gasteiger charge is -2.10. The number of aromatic nitrogens is 2. The maximum Gasteiger partial charge on any atom is 0.224 e. The van der Waals surface area contributed by atoms with Gasteiger partial charge in [0.1, 0.15) is 5.15 Å². The summed E-state index contributed by atoms with van der Waals surface area (Å²) in [6.45, 7) is 1.98.